The van der Waals surface area contributed by atoms with Crippen molar-refractivity contribution >= 4 is 23.6 Å². The van der Waals surface area contributed by atoms with Gasteiger partial charge in [-0.1, -0.05) is 25.1 Å². The van der Waals surface area contributed by atoms with E-state index in [0.717, 1.165) is 17.7 Å². The maximum atomic E-state index is 12.5. The fraction of sp³-hybridized carbons (Fsp3) is 0.300. The standard InChI is InChI=1S/C20H24N2O4/c1-4-12-25-19(23)21-16-9-7-11-18(14-16)26-20(24)22(5-2)17-10-6-8-15(3)13-17/h6-11,13-14H,4-5,12H2,1-3H3,(H,21,23). The lowest BCUT2D eigenvalue weighted by Crippen LogP contribution is -2.33. The van der Waals surface area contributed by atoms with E-state index >= 15 is 0 Å². The Labute approximate surface area is 153 Å². The first-order chi connectivity index (χ1) is 12.5. The van der Waals surface area contributed by atoms with Crippen LogP contribution in [0.3, 0.4) is 0 Å². The number of benzene rings is 2. The third-order valence-electron chi connectivity index (χ3n) is 3.57. The Morgan fingerprint density at radius 1 is 1.08 bits per heavy atom. The molecular weight excluding hydrogens is 332 g/mol. The number of hydrogen-bond donors (Lipinski definition) is 1. The van der Waals surface area contributed by atoms with Gasteiger partial charge in [-0.2, -0.15) is 0 Å². The minimum absolute atomic E-state index is 0.342. The van der Waals surface area contributed by atoms with Crippen molar-refractivity contribution in [3.63, 3.8) is 0 Å². The quantitative estimate of drug-likeness (QED) is 0.793. The molecule has 0 saturated carbocycles. The highest BCUT2D eigenvalue weighted by Gasteiger charge is 2.16. The Hall–Kier alpha value is -3.02. The van der Waals surface area contributed by atoms with Gasteiger partial charge in [0.05, 0.1) is 6.61 Å². The molecule has 0 saturated heterocycles. The molecule has 0 radical (unpaired) electrons. The Bertz CT molecular complexity index is 761. The highest BCUT2D eigenvalue weighted by molar-refractivity contribution is 5.89. The molecule has 0 atom stereocenters. The van der Waals surface area contributed by atoms with Crippen LogP contribution >= 0.6 is 0 Å². The predicted octanol–water partition coefficient (Wildman–Crippen LogP) is 4.98. The summed E-state index contributed by atoms with van der Waals surface area (Å²) in [4.78, 5) is 25.7. The smallest absolute Gasteiger partial charge is 0.419 e. The molecule has 0 spiro atoms. The van der Waals surface area contributed by atoms with Crippen LogP contribution in [0.1, 0.15) is 25.8 Å². The van der Waals surface area contributed by atoms with E-state index in [0.29, 0.717) is 24.6 Å². The third kappa shape index (κ3) is 5.51. The van der Waals surface area contributed by atoms with Crippen molar-refractivity contribution in [1.29, 1.82) is 0 Å². The molecule has 0 aliphatic heterocycles. The van der Waals surface area contributed by atoms with Crippen LogP contribution in [0.25, 0.3) is 0 Å². The van der Waals surface area contributed by atoms with Crippen molar-refractivity contribution in [1.82, 2.24) is 0 Å². The maximum Gasteiger partial charge on any atom is 0.419 e. The van der Waals surface area contributed by atoms with Crippen LogP contribution in [0, 0.1) is 6.92 Å². The first-order valence-electron chi connectivity index (χ1n) is 8.63. The molecule has 1 N–H and O–H groups in total. The van der Waals surface area contributed by atoms with E-state index < -0.39 is 12.2 Å². The lowest BCUT2D eigenvalue weighted by molar-refractivity contribution is 0.161. The average Bonchev–Trinajstić information content (AvgIpc) is 2.61. The van der Waals surface area contributed by atoms with Gasteiger partial charge in [0, 0.05) is 24.0 Å². The van der Waals surface area contributed by atoms with Gasteiger partial charge in [-0.15, -0.1) is 0 Å². The molecule has 26 heavy (non-hydrogen) atoms. The van der Waals surface area contributed by atoms with Gasteiger partial charge in [0.2, 0.25) is 0 Å². The van der Waals surface area contributed by atoms with Crippen molar-refractivity contribution in [3.05, 3.63) is 54.1 Å². The lowest BCUT2D eigenvalue weighted by Gasteiger charge is -2.21. The van der Waals surface area contributed by atoms with Gasteiger partial charge in [-0.05, 0) is 50.1 Å². The van der Waals surface area contributed by atoms with Crippen LogP contribution in [0.2, 0.25) is 0 Å². The molecule has 6 nitrogen and oxygen atoms in total. The molecule has 0 aliphatic carbocycles. The summed E-state index contributed by atoms with van der Waals surface area (Å²) in [6.45, 7) is 6.59. The number of rotatable bonds is 6. The van der Waals surface area contributed by atoms with E-state index in [9.17, 15) is 9.59 Å². The Morgan fingerprint density at radius 3 is 2.54 bits per heavy atom. The molecule has 0 bridgehead atoms. The zero-order valence-corrected chi connectivity index (χ0v) is 15.3. The van der Waals surface area contributed by atoms with Crippen LogP contribution in [0.5, 0.6) is 5.75 Å². The third-order valence-corrected chi connectivity index (χ3v) is 3.57. The SMILES string of the molecule is CCCOC(=O)Nc1cccc(OC(=O)N(CC)c2cccc(C)c2)c1. The predicted molar refractivity (Wildman–Crippen MR) is 102 cm³/mol. The second-order valence-electron chi connectivity index (χ2n) is 5.74. The minimum atomic E-state index is -0.537. The Balaban J connectivity index is 2.06. The monoisotopic (exact) mass is 356 g/mol. The number of carbonyl (C=O) groups excluding carboxylic acids is 2. The zero-order chi connectivity index (χ0) is 18.9. The number of nitrogens with zero attached hydrogens (tertiary/aromatic N) is 1. The summed E-state index contributed by atoms with van der Waals surface area (Å²) in [5, 5.41) is 2.61. The second kappa shape index (κ2) is 9.46. The van der Waals surface area contributed by atoms with Crippen LogP contribution < -0.4 is 15.0 Å². The number of amides is 2. The summed E-state index contributed by atoms with van der Waals surface area (Å²) in [7, 11) is 0. The number of nitrogens with one attached hydrogen (secondary N) is 1. The van der Waals surface area contributed by atoms with Gasteiger partial charge in [0.1, 0.15) is 5.75 Å². The van der Waals surface area contributed by atoms with Crippen LogP contribution in [-0.4, -0.2) is 25.3 Å². The molecule has 2 rings (SSSR count). The number of ether oxygens (including phenoxy) is 2. The van der Waals surface area contributed by atoms with E-state index in [-0.39, 0.29) is 0 Å². The first-order valence-corrected chi connectivity index (χ1v) is 8.63. The van der Waals surface area contributed by atoms with Gasteiger partial charge in [-0.25, -0.2) is 9.59 Å². The summed E-state index contributed by atoms with van der Waals surface area (Å²) in [6.07, 6.45) is -0.272. The number of anilines is 2. The normalized spacial score (nSPS) is 10.1. The second-order valence-corrected chi connectivity index (χ2v) is 5.74. The van der Waals surface area contributed by atoms with E-state index in [1.807, 2.05) is 45.0 Å². The molecule has 2 aromatic carbocycles. The first kappa shape index (κ1) is 19.3. The summed E-state index contributed by atoms with van der Waals surface area (Å²) >= 11 is 0. The molecule has 2 aromatic rings. The molecule has 0 heterocycles. The van der Waals surface area contributed by atoms with Crippen molar-refractivity contribution in [2.75, 3.05) is 23.4 Å². The van der Waals surface area contributed by atoms with Crippen LogP contribution in [-0.2, 0) is 4.74 Å². The lowest BCUT2D eigenvalue weighted by atomic mass is 10.2. The van der Waals surface area contributed by atoms with Crippen molar-refractivity contribution < 1.29 is 19.1 Å². The number of hydrogen-bond acceptors (Lipinski definition) is 4. The van der Waals surface area contributed by atoms with E-state index in [4.69, 9.17) is 9.47 Å². The summed E-state index contributed by atoms with van der Waals surface area (Å²) < 4.78 is 10.4. The van der Waals surface area contributed by atoms with E-state index in [2.05, 4.69) is 5.32 Å². The van der Waals surface area contributed by atoms with Crippen molar-refractivity contribution in [3.8, 4) is 5.75 Å². The molecule has 0 fully saturated rings. The fourth-order valence-corrected chi connectivity index (χ4v) is 2.35. The van der Waals surface area contributed by atoms with Gasteiger partial charge < -0.3 is 9.47 Å². The van der Waals surface area contributed by atoms with Gasteiger partial charge >= 0.3 is 12.2 Å². The van der Waals surface area contributed by atoms with Crippen molar-refractivity contribution in [2.24, 2.45) is 0 Å². The van der Waals surface area contributed by atoms with Gasteiger partial charge in [0.25, 0.3) is 0 Å². The van der Waals surface area contributed by atoms with E-state index in [1.165, 1.54) is 0 Å². The molecule has 0 aromatic heterocycles. The van der Waals surface area contributed by atoms with Crippen LogP contribution in [0.4, 0.5) is 21.0 Å². The Kier molecular flexibility index (Phi) is 7.02. The molecule has 0 unspecified atom stereocenters. The summed E-state index contributed by atoms with van der Waals surface area (Å²) in [5.74, 6) is 0.342. The zero-order valence-electron chi connectivity index (χ0n) is 15.3. The largest absolute Gasteiger partial charge is 0.449 e. The highest BCUT2D eigenvalue weighted by Crippen LogP contribution is 2.21. The Morgan fingerprint density at radius 2 is 1.85 bits per heavy atom. The molecule has 6 heteroatoms. The number of carbonyl (C=O) groups is 2. The maximum absolute atomic E-state index is 12.5. The minimum Gasteiger partial charge on any atom is -0.449 e. The van der Waals surface area contributed by atoms with Crippen molar-refractivity contribution in [2.45, 2.75) is 27.2 Å². The number of aryl methyl sites for hydroxylation is 1. The molecule has 138 valence electrons. The average molecular weight is 356 g/mol. The fourth-order valence-electron chi connectivity index (χ4n) is 2.35. The molecular formula is C20H24N2O4. The van der Waals surface area contributed by atoms with Gasteiger partial charge in [-0.3, -0.25) is 10.2 Å². The molecule has 0 aliphatic rings. The topological polar surface area (TPSA) is 67.9 Å². The van der Waals surface area contributed by atoms with E-state index in [1.54, 1.807) is 29.2 Å². The molecule has 2 amide bonds. The highest BCUT2D eigenvalue weighted by atomic mass is 16.6. The summed E-state index contributed by atoms with van der Waals surface area (Å²) in [6, 6.07) is 14.3. The summed E-state index contributed by atoms with van der Waals surface area (Å²) in [5.41, 5.74) is 2.33. The van der Waals surface area contributed by atoms with Crippen LogP contribution in [0.15, 0.2) is 48.5 Å². The van der Waals surface area contributed by atoms with Gasteiger partial charge in [0.15, 0.2) is 0 Å².